The summed E-state index contributed by atoms with van der Waals surface area (Å²) in [5.41, 5.74) is 0. The number of hydrogen-bond acceptors (Lipinski definition) is 4. The number of aliphatic hydroxyl groups excluding tert-OH is 1. The Hall–Kier alpha value is -1.82. The van der Waals surface area contributed by atoms with Crippen LogP contribution < -0.4 is 5.32 Å². The summed E-state index contributed by atoms with van der Waals surface area (Å²) in [4.78, 5) is 25.6. The minimum absolute atomic E-state index is 0.0244. The van der Waals surface area contributed by atoms with Crippen molar-refractivity contribution in [1.29, 1.82) is 0 Å². The van der Waals surface area contributed by atoms with Crippen molar-refractivity contribution >= 4 is 11.8 Å². The summed E-state index contributed by atoms with van der Waals surface area (Å²) < 4.78 is 5.25. The van der Waals surface area contributed by atoms with E-state index in [0.717, 1.165) is 25.7 Å². The van der Waals surface area contributed by atoms with Crippen LogP contribution >= 0.6 is 0 Å². The van der Waals surface area contributed by atoms with Crippen molar-refractivity contribution in [3.8, 4) is 0 Å². The van der Waals surface area contributed by atoms with Gasteiger partial charge < -0.3 is 19.7 Å². The molecular weight excluding hydrogens is 296 g/mol. The number of amides is 2. The molecule has 0 spiro atoms. The molecule has 1 aromatic heterocycles. The van der Waals surface area contributed by atoms with Gasteiger partial charge in [0.2, 0.25) is 11.8 Å². The number of likely N-dealkylation sites (tertiary alicyclic amines) is 1. The van der Waals surface area contributed by atoms with Crippen LogP contribution in [0.15, 0.2) is 22.8 Å². The monoisotopic (exact) mass is 322 g/mol. The molecular formula is C17H26N2O4. The Kier molecular flexibility index (Phi) is 6.65. The van der Waals surface area contributed by atoms with Crippen molar-refractivity contribution in [3.63, 3.8) is 0 Å². The second-order valence-corrected chi connectivity index (χ2v) is 5.99. The standard InChI is InChI=1S/C17H26N2O4/c1-2-16(21)18-12-17(22)19-9-5-3-4-7-13(19)11-14(20)15-8-6-10-23-15/h6,8,10,13-14,20H,2-5,7,9,11-12H2,1H3,(H,18,21). The molecule has 2 N–H and O–H groups in total. The number of nitrogens with one attached hydrogen (secondary N) is 1. The number of furan rings is 1. The van der Waals surface area contributed by atoms with Gasteiger partial charge in [0.1, 0.15) is 11.9 Å². The molecule has 2 amide bonds. The van der Waals surface area contributed by atoms with Gasteiger partial charge >= 0.3 is 0 Å². The van der Waals surface area contributed by atoms with Gasteiger partial charge in [-0.1, -0.05) is 19.8 Å². The third-order valence-electron chi connectivity index (χ3n) is 4.32. The predicted molar refractivity (Wildman–Crippen MR) is 85.6 cm³/mol. The minimum Gasteiger partial charge on any atom is -0.467 e. The van der Waals surface area contributed by atoms with E-state index >= 15 is 0 Å². The molecule has 2 heterocycles. The molecule has 1 aromatic rings. The predicted octanol–water partition coefficient (Wildman–Crippen LogP) is 2.00. The first-order chi connectivity index (χ1) is 11.1. The average Bonchev–Trinajstić information content (AvgIpc) is 3.00. The van der Waals surface area contributed by atoms with Gasteiger partial charge in [0, 0.05) is 25.4 Å². The number of nitrogens with zero attached hydrogens (tertiary/aromatic N) is 1. The van der Waals surface area contributed by atoms with Crippen molar-refractivity contribution < 1.29 is 19.1 Å². The Morgan fingerprint density at radius 2 is 2.26 bits per heavy atom. The molecule has 128 valence electrons. The highest BCUT2D eigenvalue weighted by molar-refractivity contribution is 5.84. The number of carbonyl (C=O) groups is 2. The zero-order chi connectivity index (χ0) is 16.7. The third kappa shape index (κ3) is 5.10. The largest absolute Gasteiger partial charge is 0.467 e. The summed E-state index contributed by atoms with van der Waals surface area (Å²) >= 11 is 0. The van der Waals surface area contributed by atoms with E-state index in [1.165, 1.54) is 6.26 Å². The summed E-state index contributed by atoms with van der Waals surface area (Å²) in [5, 5.41) is 12.9. The molecule has 1 fully saturated rings. The highest BCUT2D eigenvalue weighted by atomic mass is 16.4. The fourth-order valence-corrected chi connectivity index (χ4v) is 3.01. The van der Waals surface area contributed by atoms with E-state index in [2.05, 4.69) is 5.32 Å². The van der Waals surface area contributed by atoms with E-state index in [1.807, 2.05) is 4.90 Å². The van der Waals surface area contributed by atoms with Crippen LogP contribution in [-0.4, -0.2) is 41.0 Å². The number of carbonyl (C=O) groups excluding carboxylic acids is 2. The Labute approximate surface area is 136 Å². The fraction of sp³-hybridized carbons (Fsp3) is 0.647. The van der Waals surface area contributed by atoms with Crippen LogP contribution in [0.5, 0.6) is 0 Å². The van der Waals surface area contributed by atoms with Gasteiger partial charge in [-0.3, -0.25) is 9.59 Å². The van der Waals surface area contributed by atoms with Crippen LogP contribution in [0.2, 0.25) is 0 Å². The normalized spacial score (nSPS) is 19.9. The van der Waals surface area contributed by atoms with E-state index in [-0.39, 0.29) is 24.4 Å². The van der Waals surface area contributed by atoms with Crippen molar-refractivity contribution in [2.45, 2.75) is 57.6 Å². The molecule has 1 aliphatic heterocycles. The Bertz CT molecular complexity index is 501. The zero-order valence-electron chi connectivity index (χ0n) is 13.7. The maximum Gasteiger partial charge on any atom is 0.242 e. The van der Waals surface area contributed by atoms with Crippen LogP contribution in [-0.2, 0) is 9.59 Å². The zero-order valence-corrected chi connectivity index (χ0v) is 13.7. The van der Waals surface area contributed by atoms with Crippen LogP contribution in [0.1, 0.15) is 57.3 Å². The summed E-state index contributed by atoms with van der Waals surface area (Å²) in [7, 11) is 0. The second kappa shape index (κ2) is 8.72. The molecule has 1 saturated heterocycles. The lowest BCUT2D eigenvalue weighted by atomic mass is 10.0. The maximum absolute atomic E-state index is 12.5. The Morgan fingerprint density at radius 3 is 2.96 bits per heavy atom. The SMILES string of the molecule is CCC(=O)NCC(=O)N1CCCCCC1CC(O)c1ccco1. The van der Waals surface area contributed by atoms with Gasteiger partial charge in [0.15, 0.2) is 0 Å². The first-order valence-electron chi connectivity index (χ1n) is 8.39. The van der Waals surface area contributed by atoms with E-state index in [0.29, 0.717) is 25.1 Å². The molecule has 6 nitrogen and oxygen atoms in total. The fourth-order valence-electron chi connectivity index (χ4n) is 3.01. The van der Waals surface area contributed by atoms with Crippen molar-refractivity contribution in [1.82, 2.24) is 10.2 Å². The first kappa shape index (κ1) is 17.5. The van der Waals surface area contributed by atoms with Crippen LogP contribution in [0.25, 0.3) is 0 Å². The molecule has 0 saturated carbocycles. The summed E-state index contributed by atoms with van der Waals surface area (Å²) in [5.74, 6) is 0.326. The number of hydrogen-bond donors (Lipinski definition) is 2. The molecule has 0 aliphatic carbocycles. The highest BCUT2D eigenvalue weighted by Gasteiger charge is 2.28. The van der Waals surface area contributed by atoms with Gasteiger partial charge in [0.05, 0.1) is 12.8 Å². The van der Waals surface area contributed by atoms with E-state index in [1.54, 1.807) is 19.1 Å². The van der Waals surface area contributed by atoms with Gasteiger partial charge in [-0.05, 0) is 25.0 Å². The van der Waals surface area contributed by atoms with Gasteiger partial charge in [-0.2, -0.15) is 0 Å². The quantitative estimate of drug-likeness (QED) is 0.839. The van der Waals surface area contributed by atoms with E-state index in [4.69, 9.17) is 4.42 Å². The lowest BCUT2D eigenvalue weighted by molar-refractivity contribution is -0.135. The topological polar surface area (TPSA) is 82.8 Å². The van der Waals surface area contributed by atoms with Crippen LogP contribution in [0.3, 0.4) is 0 Å². The molecule has 0 aromatic carbocycles. The summed E-state index contributed by atoms with van der Waals surface area (Å²) in [6.07, 6.45) is 5.60. The smallest absolute Gasteiger partial charge is 0.242 e. The Balaban J connectivity index is 1.98. The molecule has 6 heteroatoms. The summed E-state index contributed by atoms with van der Waals surface area (Å²) in [6, 6.07) is 3.47. The van der Waals surface area contributed by atoms with Crippen molar-refractivity contribution in [2.24, 2.45) is 0 Å². The number of rotatable bonds is 6. The number of aliphatic hydroxyl groups is 1. The molecule has 2 atom stereocenters. The minimum atomic E-state index is -0.714. The van der Waals surface area contributed by atoms with Crippen LogP contribution in [0.4, 0.5) is 0 Å². The third-order valence-corrected chi connectivity index (χ3v) is 4.32. The second-order valence-electron chi connectivity index (χ2n) is 5.99. The maximum atomic E-state index is 12.5. The lowest BCUT2D eigenvalue weighted by Gasteiger charge is -2.31. The summed E-state index contributed by atoms with van der Waals surface area (Å²) in [6.45, 7) is 2.46. The van der Waals surface area contributed by atoms with Crippen molar-refractivity contribution in [3.05, 3.63) is 24.2 Å². The van der Waals surface area contributed by atoms with Gasteiger partial charge in [-0.25, -0.2) is 0 Å². The molecule has 2 rings (SSSR count). The molecule has 0 radical (unpaired) electrons. The highest BCUT2D eigenvalue weighted by Crippen LogP contribution is 2.26. The van der Waals surface area contributed by atoms with E-state index < -0.39 is 6.10 Å². The Morgan fingerprint density at radius 1 is 1.43 bits per heavy atom. The molecule has 2 unspecified atom stereocenters. The first-order valence-corrected chi connectivity index (χ1v) is 8.39. The molecule has 1 aliphatic rings. The van der Waals surface area contributed by atoms with Gasteiger partial charge in [-0.15, -0.1) is 0 Å². The van der Waals surface area contributed by atoms with Crippen LogP contribution in [0, 0.1) is 0 Å². The molecule has 23 heavy (non-hydrogen) atoms. The van der Waals surface area contributed by atoms with E-state index in [9.17, 15) is 14.7 Å². The van der Waals surface area contributed by atoms with Gasteiger partial charge in [0.25, 0.3) is 0 Å². The average molecular weight is 322 g/mol. The lowest BCUT2D eigenvalue weighted by Crippen LogP contribution is -2.45. The molecule has 0 bridgehead atoms. The van der Waals surface area contributed by atoms with Crippen molar-refractivity contribution in [2.75, 3.05) is 13.1 Å².